The Labute approximate surface area is 133 Å². The fourth-order valence-electron chi connectivity index (χ4n) is 1.88. The van der Waals surface area contributed by atoms with Gasteiger partial charge in [0.2, 0.25) is 0 Å². The quantitative estimate of drug-likeness (QED) is 0.743. The van der Waals surface area contributed by atoms with E-state index in [1.54, 1.807) is 29.2 Å². The molecule has 0 saturated heterocycles. The molecule has 2 heterocycles. The molecule has 0 spiro atoms. The summed E-state index contributed by atoms with van der Waals surface area (Å²) in [6.07, 6.45) is 3.32. The molecule has 1 aromatic carbocycles. The summed E-state index contributed by atoms with van der Waals surface area (Å²) >= 11 is 9.11. The number of halogens is 3. The smallest absolute Gasteiger partial charge is 0.153 e. The van der Waals surface area contributed by atoms with Gasteiger partial charge in [-0.05, 0) is 46.3 Å². The second kappa shape index (κ2) is 5.46. The number of hydrogen-bond acceptors (Lipinski definition) is 3. The normalized spacial score (nSPS) is 10.8. The van der Waals surface area contributed by atoms with Gasteiger partial charge in [-0.1, -0.05) is 11.6 Å². The molecule has 0 radical (unpaired) electrons. The van der Waals surface area contributed by atoms with Gasteiger partial charge in [-0.15, -0.1) is 0 Å². The third-order valence-corrected chi connectivity index (χ3v) is 3.64. The van der Waals surface area contributed by atoms with Crippen molar-refractivity contribution < 1.29 is 4.39 Å². The first kappa shape index (κ1) is 14.0. The van der Waals surface area contributed by atoms with E-state index in [1.807, 2.05) is 6.07 Å². The van der Waals surface area contributed by atoms with Crippen LogP contribution in [-0.2, 0) is 0 Å². The summed E-state index contributed by atoms with van der Waals surface area (Å²) in [7, 11) is 0. The molecule has 2 aromatic heterocycles. The molecule has 3 rings (SSSR count). The molecule has 0 aliphatic heterocycles. The van der Waals surface area contributed by atoms with Gasteiger partial charge in [0, 0.05) is 16.2 Å². The molecular weight excluding hydrogens is 359 g/mol. The minimum atomic E-state index is -0.479. The monoisotopic (exact) mass is 366 g/mol. The van der Waals surface area contributed by atoms with Crippen molar-refractivity contribution >= 4 is 33.2 Å². The Kier molecular flexibility index (Phi) is 3.65. The molecule has 0 unspecified atom stereocenters. The Morgan fingerprint density at radius 2 is 2.05 bits per heavy atom. The third-order valence-electron chi connectivity index (χ3n) is 2.88. The van der Waals surface area contributed by atoms with Crippen molar-refractivity contribution in [1.29, 1.82) is 0 Å². The Balaban J connectivity index is 2.05. The number of anilines is 1. The van der Waals surface area contributed by atoms with Crippen LogP contribution in [0.4, 0.5) is 10.1 Å². The van der Waals surface area contributed by atoms with Crippen molar-refractivity contribution in [2.45, 2.75) is 0 Å². The van der Waals surface area contributed by atoms with Crippen LogP contribution >= 0.6 is 27.5 Å². The minimum absolute atomic E-state index is 0.0308. The topological polar surface area (TPSA) is 56.7 Å². The Hall–Kier alpha value is -1.92. The number of pyridine rings is 1. The van der Waals surface area contributed by atoms with Crippen LogP contribution in [0.15, 0.2) is 47.2 Å². The predicted octanol–water partition coefficient (Wildman–Crippen LogP) is 4.07. The zero-order valence-corrected chi connectivity index (χ0v) is 12.9. The number of benzene rings is 1. The molecule has 2 N–H and O–H groups in total. The standard InChI is InChI=1S/C14H9BrClFN4/c15-9-2-4-13(19-6-9)21-7-12(18)14(20-21)8-1-3-11(17)10(16)5-8/h1-7H,18H2. The van der Waals surface area contributed by atoms with Crippen LogP contribution < -0.4 is 5.73 Å². The van der Waals surface area contributed by atoms with Gasteiger partial charge in [0.05, 0.1) is 16.9 Å². The summed E-state index contributed by atoms with van der Waals surface area (Å²) in [5.41, 5.74) is 7.61. The first-order valence-electron chi connectivity index (χ1n) is 5.97. The lowest BCUT2D eigenvalue weighted by Crippen LogP contribution is -1.97. The van der Waals surface area contributed by atoms with Crippen LogP contribution in [0.25, 0.3) is 17.1 Å². The van der Waals surface area contributed by atoms with E-state index in [0.717, 1.165) is 4.47 Å². The van der Waals surface area contributed by atoms with Crippen LogP contribution in [0.3, 0.4) is 0 Å². The maximum atomic E-state index is 13.2. The molecule has 3 aromatic rings. The van der Waals surface area contributed by atoms with Gasteiger partial charge in [-0.3, -0.25) is 0 Å². The number of nitrogen functional groups attached to an aromatic ring is 1. The predicted molar refractivity (Wildman–Crippen MR) is 83.9 cm³/mol. The van der Waals surface area contributed by atoms with Crippen molar-refractivity contribution in [1.82, 2.24) is 14.8 Å². The average molecular weight is 368 g/mol. The molecule has 0 amide bonds. The van der Waals surface area contributed by atoms with Gasteiger partial charge in [0.15, 0.2) is 5.82 Å². The second-order valence-corrected chi connectivity index (χ2v) is 5.66. The lowest BCUT2D eigenvalue weighted by Gasteiger charge is -2.01. The number of hydrogen-bond donors (Lipinski definition) is 1. The lowest BCUT2D eigenvalue weighted by atomic mass is 10.1. The van der Waals surface area contributed by atoms with Crippen molar-refractivity contribution in [3.8, 4) is 17.1 Å². The maximum absolute atomic E-state index is 13.2. The second-order valence-electron chi connectivity index (χ2n) is 4.34. The molecule has 0 bridgehead atoms. The van der Waals surface area contributed by atoms with E-state index in [1.165, 1.54) is 12.1 Å². The highest BCUT2D eigenvalue weighted by atomic mass is 79.9. The highest BCUT2D eigenvalue weighted by Gasteiger charge is 2.12. The van der Waals surface area contributed by atoms with Crippen molar-refractivity contribution in [3.63, 3.8) is 0 Å². The van der Waals surface area contributed by atoms with E-state index in [2.05, 4.69) is 26.0 Å². The third kappa shape index (κ3) is 2.77. The summed E-state index contributed by atoms with van der Waals surface area (Å²) in [6, 6.07) is 8.02. The molecule has 0 atom stereocenters. The van der Waals surface area contributed by atoms with Gasteiger partial charge in [0.1, 0.15) is 11.5 Å². The number of nitrogens with two attached hydrogens (primary N) is 1. The van der Waals surface area contributed by atoms with Crippen molar-refractivity contribution in [2.24, 2.45) is 0 Å². The van der Waals surface area contributed by atoms with Gasteiger partial charge in [0.25, 0.3) is 0 Å². The number of nitrogens with zero attached hydrogens (tertiary/aromatic N) is 3. The molecule has 0 saturated carbocycles. The maximum Gasteiger partial charge on any atom is 0.153 e. The number of rotatable bonds is 2. The van der Waals surface area contributed by atoms with E-state index in [0.29, 0.717) is 22.8 Å². The van der Waals surface area contributed by atoms with E-state index >= 15 is 0 Å². The van der Waals surface area contributed by atoms with Crippen LogP contribution in [0.5, 0.6) is 0 Å². The molecule has 106 valence electrons. The molecular formula is C14H9BrClFN4. The van der Waals surface area contributed by atoms with Crippen LogP contribution in [0, 0.1) is 5.82 Å². The summed E-state index contributed by atoms with van der Waals surface area (Å²) in [5.74, 6) is 0.150. The zero-order valence-electron chi connectivity index (χ0n) is 10.6. The van der Waals surface area contributed by atoms with Gasteiger partial charge >= 0.3 is 0 Å². The van der Waals surface area contributed by atoms with Crippen molar-refractivity contribution in [2.75, 3.05) is 5.73 Å². The van der Waals surface area contributed by atoms with Gasteiger partial charge in [-0.2, -0.15) is 5.10 Å². The van der Waals surface area contributed by atoms with Crippen LogP contribution in [0.1, 0.15) is 0 Å². The molecule has 7 heteroatoms. The zero-order chi connectivity index (χ0) is 15.0. The highest BCUT2D eigenvalue weighted by molar-refractivity contribution is 9.10. The molecule has 0 aliphatic carbocycles. The fourth-order valence-corrected chi connectivity index (χ4v) is 2.29. The molecule has 0 aliphatic rings. The van der Waals surface area contributed by atoms with Crippen LogP contribution in [0.2, 0.25) is 5.02 Å². The Bertz CT molecular complexity index is 801. The number of aromatic nitrogens is 3. The Morgan fingerprint density at radius 3 is 2.71 bits per heavy atom. The van der Waals surface area contributed by atoms with Crippen molar-refractivity contribution in [3.05, 3.63) is 58.0 Å². The summed E-state index contributed by atoms with van der Waals surface area (Å²) in [4.78, 5) is 4.24. The molecule has 21 heavy (non-hydrogen) atoms. The fraction of sp³-hybridized carbons (Fsp3) is 0. The van der Waals surface area contributed by atoms with Gasteiger partial charge < -0.3 is 5.73 Å². The average Bonchev–Trinajstić information content (AvgIpc) is 2.85. The largest absolute Gasteiger partial charge is 0.396 e. The van der Waals surface area contributed by atoms with E-state index in [9.17, 15) is 4.39 Å². The summed E-state index contributed by atoms with van der Waals surface area (Å²) < 4.78 is 15.7. The first-order chi connectivity index (χ1) is 10.0. The highest BCUT2D eigenvalue weighted by Crippen LogP contribution is 2.28. The lowest BCUT2D eigenvalue weighted by molar-refractivity contribution is 0.628. The minimum Gasteiger partial charge on any atom is -0.396 e. The van der Waals surface area contributed by atoms with E-state index in [-0.39, 0.29) is 5.02 Å². The summed E-state index contributed by atoms with van der Waals surface area (Å²) in [6.45, 7) is 0. The van der Waals surface area contributed by atoms with E-state index in [4.69, 9.17) is 17.3 Å². The molecule has 4 nitrogen and oxygen atoms in total. The SMILES string of the molecule is Nc1cn(-c2ccc(Br)cn2)nc1-c1ccc(F)c(Cl)c1. The van der Waals surface area contributed by atoms with E-state index < -0.39 is 5.82 Å². The van der Waals surface area contributed by atoms with Gasteiger partial charge in [-0.25, -0.2) is 14.1 Å². The molecule has 0 fully saturated rings. The van der Waals surface area contributed by atoms with Crippen LogP contribution in [-0.4, -0.2) is 14.8 Å². The summed E-state index contributed by atoms with van der Waals surface area (Å²) in [5, 5.41) is 4.41. The first-order valence-corrected chi connectivity index (χ1v) is 7.14. The Morgan fingerprint density at radius 1 is 1.24 bits per heavy atom.